The van der Waals surface area contributed by atoms with Crippen LogP contribution in [0.4, 0.5) is 17.1 Å². The van der Waals surface area contributed by atoms with Crippen LogP contribution in [0.1, 0.15) is 100 Å². The second kappa shape index (κ2) is 12.6. The predicted molar refractivity (Wildman–Crippen MR) is 187 cm³/mol. The molecule has 0 N–H and O–H groups in total. The number of hydrogen-bond acceptors (Lipinski definition) is 1. The Labute approximate surface area is 261 Å². The molecule has 0 bridgehead atoms. The van der Waals surface area contributed by atoms with Crippen molar-refractivity contribution >= 4 is 17.1 Å². The predicted octanol–water partition coefficient (Wildman–Crippen LogP) is 12.2. The highest BCUT2D eigenvalue weighted by Crippen LogP contribution is 2.48. The van der Waals surface area contributed by atoms with Crippen LogP contribution in [0, 0.1) is 26.7 Å². The van der Waals surface area contributed by atoms with Gasteiger partial charge in [-0.3, -0.25) is 0 Å². The fourth-order valence-corrected chi connectivity index (χ4v) is 7.82. The molecule has 0 spiro atoms. The maximum absolute atomic E-state index is 2.48. The summed E-state index contributed by atoms with van der Waals surface area (Å²) in [5, 5.41) is 0. The molecule has 1 aliphatic rings. The van der Waals surface area contributed by atoms with Crippen LogP contribution in [-0.4, -0.2) is 0 Å². The summed E-state index contributed by atoms with van der Waals surface area (Å²) in [7, 11) is 0. The Kier molecular flexibility index (Phi) is 9.02. The van der Waals surface area contributed by atoms with E-state index in [1.807, 2.05) is 0 Å². The lowest BCUT2D eigenvalue weighted by molar-refractivity contribution is 0.388. The minimum Gasteiger partial charge on any atom is -0.310 e. The van der Waals surface area contributed by atoms with Gasteiger partial charge in [-0.25, -0.2) is 0 Å². The summed E-state index contributed by atoms with van der Waals surface area (Å²) < 4.78 is 0. The van der Waals surface area contributed by atoms with E-state index in [4.69, 9.17) is 0 Å². The Morgan fingerprint density at radius 1 is 0.581 bits per heavy atom. The van der Waals surface area contributed by atoms with Gasteiger partial charge in [0.05, 0.1) is 0 Å². The standard InChI is InChI=1S/C42H51N/c1-9-41(10-2,34-17-13-30(5)14-18-34)35-19-23-37(24-20-35)43(40-28-15-31(6)29-33(40)8)38-25-21-36(22-26-38)42(11-3,12-4)39-27-16-32(39)7/h13-15,17-29,32H,9-12,16H2,1-8H3/t32-/m1/s1. The summed E-state index contributed by atoms with van der Waals surface area (Å²) in [6.07, 6.45) is 8.11. The van der Waals surface area contributed by atoms with Gasteiger partial charge in [-0.2, -0.15) is 0 Å². The van der Waals surface area contributed by atoms with Crippen LogP contribution in [0.25, 0.3) is 0 Å². The molecule has 0 saturated heterocycles. The van der Waals surface area contributed by atoms with E-state index in [2.05, 4.69) is 157 Å². The van der Waals surface area contributed by atoms with E-state index in [9.17, 15) is 0 Å². The molecule has 0 saturated carbocycles. The van der Waals surface area contributed by atoms with Gasteiger partial charge >= 0.3 is 0 Å². The van der Waals surface area contributed by atoms with Crippen LogP contribution < -0.4 is 4.90 Å². The third-order valence-corrected chi connectivity index (χ3v) is 10.7. The first kappa shape index (κ1) is 30.9. The van der Waals surface area contributed by atoms with Crippen molar-refractivity contribution < 1.29 is 0 Å². The fourth-order valence-electron chi connectivity index (χ4n) is 7.82. The highest BCUT2D eigenvalue weighted by atomic mass is 15.1. The van der Waals surface area contributed by atoms with E-state index in [0.717, 1.165) is 25.7 Å². The molecule has 0 amide bonds. The second-order valence-corrected chi connectivity index (χ2v) is 13.0. The number of anilines is 3. The summed E-state index contributed by atoms with van der Waals surface area (Å²) in [5.74, 6) is 0.683. The molecule has 5 rings (SSSR count). The molecular weight excluding hydrogens is 518 g/mol. The average molecular weight is 570 g/mol. The molecule has 0 aromatic heterocycles. The van der Waals surface area contributed by atoms with Crippen molar-refractivity contribution in [2.45, 2.75) is 98.3 Å². The van der Waals surface area contributed by atoms with Crippen molar-refractivity contribution in [1.82, 2.24) is 0 Å². The SMILES string of the molecule is CCC(CC)(C1=CC[C@H]1C)c1ccc(N(c2ccc(C(CC)(CC)c3ccc(C)cc3)cc2)c2ccc(C)cc2C)cc1. The lowest BCUT2D eigenvalue weighted by Crippen LogP contribution is -2.34. The van der Waals surface area contributed by atoms with E-state index >= 15 is 0 Å². The maximum Gasteiger partial charge on any atom is 0.0490 e. The number of hydrogen-bond donors (Lipinski definition) is 0. The lowest BCUT2D eigenvalue weighted by atomic mass is 9.62. The van der Waals surface area contributed by atoms with Gasteiger partial charge in [-0.15, -0.1) is 0 Å². The molecular formula is C42H51N. The smallest absolute Gasteiger partial charge is 0.0490 e. The van der Waals surface area contributed by atoms with Crippen LogP contribution in [0.2, 0.25) is 0 Å². The van der Waals surface area contributed by atoms with Crippen molar-refractivity contribution in [1.29, 1.82) is 0 Å². The second-order valence-electron chi connectivity index (χ2n) is 13.0. The number of allylic oxidation sites excluding steroid dienone is 2. The van der Waals surface area contributed by atoms with E-state index in [0.29, 0.717) is 5.92 Å². The molecule has 0 radical (unpaired) electrons. The summed E-state index contributed by atoms with van der Waals surface area (Å²) in [4.78, 5) is 2.44. The summed E-state index contributed by atoms with van der Waals surface area (Å²) in [6, 6.07) is 34.9. The highest BCUT2D eigenvalue weighted by molar-refractivity contribution is 5.79. The molecule has 43 heavy (non-hydrogen) atoms. The first-order chi connectivity index (χ1) is 20.7. The Hall–Kier alpha value is -3.58. The molecule has 224 valence electrons. The number of rotatable bonds is 11. The van der Waals surface area contributed by atoms with E-state index in [-0.39, 0.29) is 10.8 Å². The van der Waals surface area contributed by atoms with E-state index in [1.165, 1.54) is 56.9 Å². The topological polar surface area (TPSA) is 3.24 Å². The lowest BCUT2D eigenvalue weighted by Gasteiger charge is -2.42. The van der Waals surface area contributed by atoms with Gasteiger partial charge in [-0.1, -0.05) is 118 Å². The first-order valence-corrected chi connectivity index (χ1v) is 16.6. The minimum atomic E-state index is 0.00939. The van der Waals surface area contributed by atoms with Gasteiger partial charge in [0.25, 0.3) is 0 Å². The van der Waals surface area contributed by atoms with Gasteiger partial charge in [0, 0.05) is 27.9 Å². The third-order valence-electron chi connectivity index (χ3n) is 10.7. The molecule has 4 aromatic carbocycles. The summed E-state index contributed by atoms with van der Waals surface area (Å²) in [5.41, 5.74) is 13.5. The summed E-state index contributed by atoms with van der Waals surface area (Å²) >= 11 is 0. The molecule has 1 nitrogen and oxygen atoms in total. The zero-order chi connectivity index (χ0) is 30.8. The Morgan fingerprint density at radius 3 is 1.42 bits per heavy atom. The largest absolute Gasteiger partial charge is 0.310 e. The molecule has 0 unspecified atom stereocenters. The zero-order valence-electron chi connectivity index (χ0n) is 27.8. The van der Waals surface area contributed by atoms with Crippen molar-refractivity contribution in [2.24, 2.45) is 5.92 Å². The van der Waals surface area contributed by atoms with Gasteiger partial charge in [-0.05, 0) is 111 Å². The van der Waals surface area contributed by atoms with Gasteiger partial charge < -0.3 is 4.90 Å². The van der Waals surface area contributed by atoms with E-state index < -0.39 is 0 Å². The Bertz CT molecular complexity index is 1550. The third kappa shape index (κ3) is 5.48. The molecule has 0 heterocycles. The Balaban J connectivity index is 1.58. The first-order valence-electron chi connectivity index (χ1n) is 16.6. The summed E-state index contributed by atoms with van der Waals surface area (Å²) in [6.45, 7) is 18.3. The van der Waals surface area contributed by atoms with Gasteiger partial charge in [0.15, 0.2) is 0 Å². The van der Waals surface area contributed by atoms with Crippen LogP contribution in [0.5, 0.6) is 0 Å². The van der Waals surface area contributed by atoms with Crippen LogP contribution >= 0.6 is 0 Å². The van der Waals surface area contributed by atoms with Crippen LogP contribution in [-0.2, 0) is 10.8 Å². The number of benzene rings is 4. The maximum atomic E-state index is 2.48. The zero-order valence-corrected chi connectivity index (χ0v) is 27.8. The molecule has 0 fully saturated rings. The highest BCUT2D eigenvalue weighted by Gasteiger charge is 2.38. The Morgan fingerprint density at radius 2 is 1.02 bits per heavy atom. The van der Waals surface area contributed by atoms with Crippen molar-refractivity contribution in [3.05, 3.63) is 136 Å². The van der Waals surface area contributed by atoms with Crippen LogP contribution in [0.15, 0.2) is 103 Å². The van der Waals surface area contributed by atoms with E-state index in [1.54, 1.807) is 5.57 Å². The molecule has 0 aliphatic heterocycles. The average Bonchev–Trinajstić information content (AvgIpc) is 3.03. The van der Waals surface area contributed by atoms with Gasteiger partial charge in [0.1, 0.15) is 0 Å². The number of aryl methyl sites for hydroxylation is 3. The molecule has 1 heteroatoms. The van der Waals surface area contributed by atoms with Crippen molar-refractivity contribution in [3.8, 4) is 0 Å². The molecule has 1 atom stereocenters. The van der Waals surface area contributed by atoms with Crippen LogP contribution in [0.3, 0.4) is 0 Å². The quantitative estimate of drug-likeness (QED) is 0.162. The minimum absolute atomic E-state index is 0.00939. The van der Waals surface area contributed by atoms with Gasteiger partial charge in [0.2, 0.25) is 0 Å². The molecule has 1 aliphatic carbocycles. The van der Waals surface area contributed by atoms with Crippen molar-refractivity contribution in [3.63, 3.8) is 0 Å². The fraction of sp³-hybridized carbons (Fsp3) is 0.381. The molecule has 4 aromatic rings. The normalized spacial score (nSPS) is 15.2. The number of nitrogens with zero attached hydrogens (tertiary/aromatic N) is 1. The monoisotopic (exact) mass is 569 g/mol. The van der Waals surface area contributed by atoms with Crippen molar-refractivity contribution in [2.75, 3.05) is 4.90 Å².